The summed E-state index contributed by atoms with van der Waals surface area (Å²) in [6.07, 6.45) is 4.76. The van der Waals surface area contributed by atoms with E-state index in [9.17, 15) is 4.79 Å². The van der Waals surface area contributed by atoms with Crippen LogP contribution in [0.15, 0.2) is 34.0 Å². The number of thiazole rings is 1. The van der Waals surface area contributed by atoms with Crippen molar-refractivity contribution >= 4 is 29.0 Å². The fourth-order valence-corrected chi connectivity index (χ4v) is 4.55. The van der Waals surface area contributed by atoms with E-state index < -0.39 is 0 Å². The molecule has 1 aliphatic heterocycles. The van der Waals surface area contributed by atoms with Crippen molar-refractivity contribution in [3.8, 4) is 0 Å². The molecule has 0 unspecified atom stereocenters. The van der Waals surface area contributed by atoms with Crippen LogP contribution < -0.4 is 0 Å². The van der Waals surface area contributed by atoms with Crippen molar-refractivity contribution in [3.05, 3.63) is 46.5 Å². The second-order valence-electron chi connectivity index (χ2n) is 5.95. The molecule has 2 aromatic rings. The van der Waals surface area contributed by atoms with Crippen molar-refractivity contribution in [1.29, 1.82) is 0 Å². The average molecular weight is 347 g/mol. The number of thioether (sulfide) groups is 1. The Morgan fingerprint density at radius 1 is 1.17 bits per heavy atom. The predicted molar refractivity (Wildman–Crippen MR) is 97.2 cm³/mol. The van der Waals surface area contributed by atoms with Crippen LogP contribution in [-0.2, 0) is 5.75 Å². The van der Waals surface area contributed by atoms with Crippen LogP contribution in [0.1, 0.15) is 47.3 Å². The first-order valence-electron chi connectivity index (χ1n) is 8.15. The Hall–Kier alpha value is -1.33. The first kappa shape index (κ1) is 16.5. The van der Waals surface area contributed by atoms with Crippen LogP contribution in [0.2, 0.25) is 0 Å². The molecular weight excluding hydrogens is 324 g/mol. The number of hydrogen-bond donors (Lipinski definition) is 0. The molecule has 5 heteroatoms. The summed E-state index contributed by atoms with van der Waals surface area (Å²) >= 11 is 3.44. The number of likely N-dealkylation sites (tertiary alicyclic amines) is 1. The van der Waals surface area contributed by atoms with E-state index in [0.29, 0.717) is 0 Å². The van der Waals surface area contributed by atoms with Crippen LogP contribution >= 0.6 is 23.1 Å². The third-order valence-corrected chi connectivity index (χ3v) is 6.26. The Labute approximate surface area is 146 Å². The summed E-state index contributed by atoms with van der Waals surface area (Å²) in [5.41, 5.74) is 3.12. The Balaban J connectivity index is 1.58. The van der Waals surface area contributed by atoms with Crippen LogP contribution in [0.5, 0.6) is 0 Å². The molecule has 1 fully saturated rings. The second kappa shape index (κ2) is 7.97. The van der Waals surface area contributed by atoms with Gasteiger partial charge < -0.3 is 4.90 Å². The fraction of sp³-hybridized carbons (Fsp3) is 0.444. The maximum Gasteiger partial charge on any atom is 0.253 e. The van der Waals surface area contributed by atoms with Gasteiger partial charge in [-0.05, 0) is 37.5 Å². The second-order valence-corrected chi connectivity index (χ2v) is 8.03. The molecule has 23 heavy (non-hydrogen) atoms. The first-order chi connectivity index (χ1) is 11.2. The zero-order valence-corrected chi connectivity index (χ0v) is 15.1. The van der Waals surface area contributed by atoms with Crippen molar-refractivity contribution in [2.45, 2.75) is 42.7 Å². The first-order valence-corrected chi connectivity index (χ1v) is 10.0. The monoisotopic (exact) mass is 346 g/mol. The van der Waals surface area contributed by atoms with E-state index in [2.05, 4.69) is 22.5 Å². The minimum absolute atomic E-state index is 0.182. The summed E-state index contributed by atoms with van der Waals surface area (Å²) in [6, 6.07) is 8.07. The predicted octanol–water partition coefficient (Wildman–Crippen LogP) is 4.76. The van der Waals surface area contributed by atoms with Crippen molar-refractivity contribution in [1.82, 2.24) is 9.88 Å². The normalized spacial score (nSPS) is 15.4. The van der Waals surface area contributed by atoms with E-state index in [1.165, 1.54) is 18.4 Å². The van der Waals surface area contributed by atoms with Gasteiger partial charge in [-0.1, -0.05) is 36.7 Å². The fourth-order valence-electron chi connectivity index (χ4n) is 2.74. The molecule has 1 aromatic carbocycles. The quantitative estimate of drug-likeness (QED) is 0.748. The molecular formula is C18H22N2OS2. The van der Waals surface area contributed by atoms with Gasteiger partial charge in [0.2, 0.25) is 0 Å². The van der Waals surface area contributed by atoms with Gasteiger partial charge in [-0.2, -0.15) is 0 Å². The summed E-state index contributed by atoms with van der Waals surface area (Å²) in [5.74, 6) is 1.08. The van der Waals surface area contributed by atoms with Gasteiger partial charge in [-0.3, -0.25) is 4.79 Å². The lowest BCUT2D eigenvalue weighted by Crippen LogP contribution is -2.31. The molecule has 0 saturated carbocycles. The summed E-state index contributed by atoms with van der Waals surface area (Å²) in [6.45, 7) is 3.82. The number of benzene rings is 1. The third-order valence-electron chi connectivity index (χ3n) is 4.05. The lowest BCUT2D eigenvalue weighted by atomic mass is 10.1. The standard InChI is InChI=1S/C18H22N2OS2/c1-14-12-22-18(19-14)23-13-15-6-8-16(9-7-15)17(21)20-10-4-2-3-5-11-20/h6-9,12H,2-5,10-11,13H2,1H3. The van der Waals surface area contributed by atoms with Crippen molar-refractivity contribution in [2.24, 2.45) is 0 Å². The van der Waals surface area contributed by atoms with Crippen LogP contribution in [0.4, 0.5) is 0 Å². The van der Waals surface area contributed by atoms with Crippen molar-refractivity contribution in [3.63, 3.8) is 0 Å². The van der Waals surface area contributed by atoms with E-state index in [0.717, 1.165) is 47.3 Å². The van der Waals surface area contributed by atoms with Gasteiger partial charge in [0.1, 0.15) is 4.34 Å². The number of hydrogen-bond acceptors (Lipinski definition) is 4. The maximum atomic E-state index is 12.6. The van der Waals surface area contributed by atoms with E-state index in [1.807, 2.05) is 24.0 Å². The Morgan fingerprint density at radius 3 is 2.48 bits per heavy atom. The zero-order chi connectivity index (χ0) is 16.1. The summed E-state index contributed by atoms with van der Waals surface area (Å²) in [4.78, 5) is 19.0. The molecule has 0 radical (unpaired) electrons. The van der Waals surface area contributed by atoms with Gasteiger partial charge in [0.15, 0.2) is 0 Å². The highest BCUT2D eigenvalue weighted by Crippen LogP contribution is 2.26. The summed E-state index contributed by atoms with van der Waals surface area (Å²) in [5, 5.41) is 2.07. The molecule has 0 aliphatic carbocycles. The van der Waals surface area contributed by atoms with Gasteiger partial charge in [-0.15, -0.1) is 11.3 Å². The summed E-state index contributed by atoms with van der Waals surface area (Å²) in [7, 11) is 0. The van der Waals surface area contributed by atoms with Crippen molar-refractivity contribution in [2.75, 3.05) is 13.1 Å². The number of carbonyl (C=O) groups is 1. The molecule has 2 heterocycles. The number of aryl methyl sites for hydroxylation is 1. The van der Waals surface area contributed by atoms with E-state index in [1.54, 1.807) is 23.1 Å². The van der Waals surface area contributed by atoms with Crippen LogP contribution in [0.3, 0.4) is 0 Å². The lowest BCUT2D eigenvalue weighted by molar-refractivity contribution is 0.0761. The molecule has 1 aromatic heterocycles. The number of aromatic nitrogens is 1. The molecule has 0 N–H and O–H groups in total. The van der Waals surface area contributed by atoms with Crippen LogP contribution in [0.25, 0.3) is 0 Å². The van der Waals surface area contributed by atoms with Gasteiger partial charge in [0.05, 0.1) is 0 Å². The Bertz CT molecular complexity index is 643. The van der Waals surface area contributed by atoms with Gasteiger partial charge >= 0.3 is 0 Å². The summed E-state index contributed by atoms with van der Waals surface area (Å²) < 4.78 is 1.10. The average Bonchev–Trinajstić information content (AvgIpc) is 2.83. The van der Waals surface area contributed by atoms with Gasteiger partial charge in [0, 0.05) is 35.5 Å². The van der Waals surface area contributed by atoms with E-state index in [-0.39, 0.29) is 5.91 Å². The lowest BCUT2D eigenvalue weighted by Gasteiger charge is -2.20. The topological polar surface area (TPSA) is 33.2 Å². The van der Waals surface area contributed by atoms with Gasteiger partial charge in [-0.25, -0.2) is 4.98 Å². The van der Waals surface area contributed by atoms with E-state index in [4.69, 9.17) is 0 Å². The molecule has 122 valence electrons. The largest absolute Gasteiger partial charge is 0.339 e. The molecule has 0 atom stereocenters. The number of nitrogens with zero attached hydrogens (tertiary/aromatic N) is 2. The highest BCUT2D eigenvalue weighted by molar-refractivity contribution is 8.00. The molecule has 1 saturated heterocycles. The molecule has 3 nitrogen and oxygen atoms in total. The molecule has 1 aliphatic rings. The number of rotatable bonds is 4. The van der Waals surface area contributed by atoms with Crippen molar-refractivity contribution < 1.29 is 4.79 Å². The molecule has 3 rings (SSSR count). The Morgan fingerprint density at radius 2 is 1.87 bits per heavy atom. The number of carbonyl (C=O) groups excluding carboxylic acids is 1. The number of amides is 1. The third kappa shape index (κ3) is 4.58. The Kier molecular flexibility index (Phi) is 5.73. The maximum absolute atomic E-state index is 12.6. The van der Waals surface area contributed by atoms with Crippen LogP contribution in [-0.4, -0.2) is 28.9 Å². The minimum Gasteiger partial charge on any atom is -0.339 e. The SMILES string of the molecule is Cc1csc(SCc2ccc(C(=O)N3CCCCCC3)cc2)n1. The van der Waals surface area contributed by atoms with Gasteiger partial charge in [0.25, 0.3) is 5.91 Å². The highest BCUT2D eigenvalue weighted by atomic mass is 32.2. The van der Waals surface area contributed by atoms with E-state index >= 15 is 0 Å². The molecule has 0 spiro atoms. The smallest absolute Gasteiger partial charge is 0.253 e. The zero-order valence-electron chi connectivity index (χ0n) is 13.5. The molecule has 1 amide bonds. The van der Waals surface area contributed by atoms with Crippen LogP contribution in [0, 0.1) is 6.92 Å². The minimum atomic E-state index is 0.182. The molecule has 0 bridgehead atoms. The highest BCUT2D eigenvalue weighted by Gasteiger charge is 2.17.